The van der Waals surface area contributed by atoms with Gasteiger partial charge in [-0.25, -0.2) is 4.79 Å². The number of esters is 1. The number of rotatable bonds is 4. The Bertz CT molecular complexity index is 590. The molecule has 1 aromatic rings. The second-order valence-electron chi connectivity index (χ2n) is 4.34. The molecule has 6 nitrogen and oxygen atoms in total. The molecule has 0 fully saturated rings. The van der Waals surface area contributed by atoms with Crippen LogP contribution < -0.4 is 16.0 Å². The van der Waals surface area contributed by atoms with Crippen molar-refractivity contribution >= 4 is 69.7 Å². The molecule has 0 spiro atoms. The van der Waals surface area contributed by atoms with Gasteiger partial charge in [-0.2, -0.15) is 0 Å². The van der Waals surface area contributed by atoms with Crippen LogP contribution in [0.3, 0.4) is 0 Å². The molecule has 1 rings (SSSR count). The first-order valence-corrected chi connectivity index (χ1v) is 7.77. The quantitative estimate of drug-likeness (QED) is 0.313. The summed E-state index contributed by atoms with van der Waals surface area (Å²) in [7, 11) is 1.30. The van der Waals surface area contributed by atoms with Crippen LogP contribution in [0.1, 0.15) is 17.3 Å². The maximum Gasteiger partial charge on any atom is 0.337 e. The predicted molar refractivity (Wildman–Crippen MR) is 95.0 cm³/mol. The molecule has 3 N–H and O–H groups in total. The Labute approximate surface area is 153 Å². The van der Waals surface area contributed by atoms with Gasteiger partial charge in [0.25, 0.3) is 0 Å². The molecule has 1 aromatic carbocycles. The summed E-state index contributed by atoms with van der Waals surface area (Å²) in [5.41, 5.74) is 0.996. The van der Waals surface area contributed by atoms with Gasteiger partial charge in [-0.3, -0.25) is 4.79 Å². The number of alkyl halides is 3. The molecule has 0 bridgehead atoms. The van der Waals surface area contributed by atoms with Gasteiger partial charge >= 0.3 is 5.97 Å². The van der Waals surface area contributed by atoms with Gasteiger partial charge in [0.2, 0.25) is 9.70 Å². The van der Waals surface area contributed by atoms with Crippen molar-refractivity contribution in [1.29, 1.82) is 0 Å². The predicted octanol–water partition coefficient (Wildman–Crippen LogP) is 2.59. The van der Waals surface area contributed by atoms with E-state index < -0.39 is 15.9 Å². The van der Waals surface area contributed by atoms with Crippen molar-refractivity contribution in [2.45, 2.75) is 16.9 Å². The van der Waals surface area contributed by atoms with Gasteiger partial charge in [0, 0.05) is 12.6 Å². The van der Waals surface area contributed by atoms with E-state index in [0.29, 0.717) is 11.3 Å². The van der Waals surface area contributed by atoms with Crippen LogP contribution in [0.25, 0.3) is 0 Å². The molecule has 10 heteroatoms. The first kappa shape index (κ1) is 19.8. The number of anilines is 1. The average molecular weight is 399 g/mol. The van der Waals surface area contributed by atoms with Gasteiger partial charge in [-0.15, -0.1) is 0 Å². The number of nitrogens with one attached hydrogen (secondary N) is 3. The van der Waals surface area contributed by atoms with Gasteiger partial charge in [0.05, 0.1) is 12.7 Å². The maximum absolute atomic E-state index is 11.3. The molecule has 0 saturated carbocycles. The second kappa shape index (κ2) is 8.54. The summed E-state index contributed by atoms with van der Waals surface area (Å²) < 4.78 is 2.80. The zero-order chi connectivity index (χ0) is 17.6. The largest absolute Gasteiger partial charge is 0.465 e. The molecule has 0 radical (unpaired) electrons. The molecule has 0 aliphatic heterocycles. The summed E-state index contributed by atoms with van der Waals surface area (Å²) >= 11 is 22.4. The Morgan fingerprint density at radius 1 is 1.17 bits per heavy atom. The number of hydrogen-bond donors (Lipinski definition) is 3. The number of hydrogen-bond acceptors (Lipinski definition) is 4. The van der Waals surface area contributed by atoms with Crippen molar-refractivity contribution in [2.24, 2.45) is 0 Å². The van der Waals surface area contributed by atoms with Crippen LogP contribution in [-0.2, 0) is 9.53 Å². The number of carbonyl (C=O) groups is 2. The molecule has 126 valence electrons. The SMILES string of the molecule is COC(=O)c1ccc(NC(=S)N[C@@H](NC(C)=O)C(Cl)(Cl)Cl)cc1. The lowest BCUT2D eigenvalue weighted by atomic mass is 10.2. The van der Waals surface area contributed by atoms with Crippen molar-refractivity contribution < 1.29 is 14.3 Å². The lowest BCUT2D eigenvalue weighted by Gasteiger charge is -2.27. The van der Waals surface area contributed by atoms with E-state index in [1.54, 1.807) is 24.3 Å². The van der Waals surface area contributed by atoms with E-state index in [2.05, 4.69) is 20.7 Å². The maximum atomic E-state index is 11.3. The van der Waals surface area contributed by atoms with Crippen LogP contribution in [0.2, 0.25) is 0 Å². The first-order valence-electron chi connectivity index (χ1n) is 6.23. The smallest absolute Gasteiger partial charge is 0.337 e. The molecule has 0 unspecified atom stereocenters. The van der Waals surface area contributed by atoms with Crippen molar-refractivity contribution in [2.75, 3.05) is 12.4 Å². The molecule has 1 atom stereocenters. The van der Waals surface area contributed by atoms with E-state index in [9.17, 15) is 9.59 Å². The minimum Gasteiger partial charge on any atom is -0.465 e. The van der Waals surface area contributed by atoms with E-state index in [0.717, 1.165) is 0 Å². The summed E-state index contributed by atoms with van der Waals surface area (Å²) in [5.74, 6) is -0.835. The lowest BCUT2D eigenvalue weighted by molar-refractivity contribution is -0.119. The van der Waals surface area contributed by atoms with Crippen LogP contribution in [0, 0.1) is 0 Å². The molecule has 0 aromatic heterocycles. The second-order valence-corrected chi connectivity index (χ2v) is 7.12. The fourth-order valence-electron chi connectivity index (χ4n) is 1.51. The Hall–Kier alpha value is -1.28. The zero-order valence-electron chi connectivity index (χ0n) is 12.2. The highest BCUT2D eigenvalue weighted by atomic mass is 35.6. The van der Waals surface area contributed by atoms with Crippen molar-refractivity contribution in [1.82, 2.24) is 10.6 Å². The average Bonchev–Trinajstić information content (AvgIpc) is 2.45. The Morgan fingerprint density at radius 3 is 2.17 bits per heavy atom. The number of thiocarbonyl (C=S) groups is 1. The normalized spacial score (nSPS) is 12.0. The highest BCUT2D eigenvalue weighted by Crippen LogP contribution is 2.29. The minimum absolute atomic E-state index is 0.126. The fraction of sp³-hybridized carbons (Fsp3) is 0.308. The Balaban J connectivity index is 2.71. The summed E-state index contributed by atoms with van der Waals surface area (Å²) in [5, 5.41) is 8.09. The van der Waals surface area contributed by atoms with Crippen LogP contribution in [0.15, 0.2) is 24.3 Å². The van der Waals surface area contributed by atoms with Crippen LogP contribution in [0.5, 0.6) is 0 Å². The van der Waals surface area contributed by atoms with Crippen LogP contribution >= 0.6 is 47.0 Å². The standard InChI is InChI=1S/C13H14Cl3N3O3S/c1-7(20)17-11(13(14,15)16)19-12(23)18-9-5-3-8(4-6-9)10(21)22-2/h3-6,11H,1-2H3,(H,17,20)(H2,18,19,23)/t11-/m1/s1. The third-order valence-electron chi connectivity index (χ3n) is 2.51. The van der Waals surface area contributed by atoms with Crippen LogP contribution in [-0.4, -0.2) is 34.1 Å². The Kier molecular flexibility index (Phi) is 7.34. The topological polar surface area (TPSA) is 79.5 Å². The van der Waals surface area contributed by atoms with Crippen molar-refractivity contribution in [3.63, 3.8) is 0 Å². The van der Waals surface area contributed by atoms with Crippen molar-refractivity contribution in [3.8, 4) is 0 Å². The highest BCUT2D eigenvalue weighted by Gasteiger charge is 2.33. The molecule has 0 aliphatic carbocycles. The van der Waals surface area contributed by atoms with Gasteiger partial charge in [-0.05, 0) is 36.5 Å². The first-order chi connectivity index (χ1) is 10.6. The summed E-state index contributed by atoms with van der Waals surface area (Å²) in [6, 6.07) is 6.39. The monoisotopic (exact) mass is 397 g/mol. The summed E-state index contributed by atoms with van der Waals surface area (Å²) in [4.78, 5) is 22.5. The van der Waals surface area contributed by atoms with E-state index in [1.807, 2.05) is 0 Å². The number of amides is 1. The zero-order valence-corrected chi connectivity index (χ0v) is 15.2. The Morgan fingerprint density at radius 2 is 1.74 bits per heavy atom. The van der Waals surface area contributed by atoms with Gasteiger partial charge in [0.1, 0.15) is 6.17 Å². The van der Waals surface area contributed by atoms with Gasteiger partial charge in [-0.1, -0.05) is 34.8 Å². The van der Waals surface area contributed by atoms with E-state index in [-0.39, 0.29) is 11.0 Å². The van der Waals surface area contributed by atoms with E-state index in [4.69, 9.17) is 47.0 Å². The van der Waals surface area contributed by atoms with E-state index in [1.165, 1.54) is 14.0 Å². The third kappa shape index (κ3) is 6.78. The molecule has 0 aliphatic rings. The van der Waals surface area contributed by atoms with Gasteiger partial charge < -0.3 is 20.7 Å². The molecule has 23 heavy (non-hydrogen) atoms. The number of ether oxygens (including phenoxy) is 1. The summed E-state index contributed by atoms with van der Waals surface area (Å²) in [6.45, 7) is 1.28. The molecular formula is C13H14Cl3N3O3S. The number of halogens is 3. The highest BCUT2D eigenvalue weighted by molar-refractivity contribution is 7.80. The number of methoxy groups -OCH3 is 1. The van der Waals surface area contributed by atoms with Crippen LogP contribution in [0.4, 0.5) is 5.69 Å². The third-order valence-corrected chi connectivity index (χ3v) is 3.39. The molecular weight excluding hydrogens is 385 g/mol. The molecule has 1 amide bonds. The van der Waals surface area contributed by atoms with E-state index >= 15 is 0 Å². The van der Waals surface area contributed by atoms with Crippen molar-refractivity contribution in [3.05, 3.63) is 29.8 Å². The molecule has 0 saturated heterocycles. The number of carbonyl (C=O) groups excluding carboxylic acids is 2. The summed E-state index contributed by atoms with van der Waals surface area (Å²) in [6.07, 6.45) is -1.01. The lowest BCUT2D eigenvalue weighted by Crippen LogP contribution is -2.55. The molecule has 0 heterocycles. The van der Waals surface area contributed by atoms with Gasteiger partial charge in [0.15, 0.2) is 5.11 Å². The minimum atomic E-state index is -1.80. The fourth-order valence-corrected chi connectivity index (χ4v) is 2.07. The number of benzene rings is 1.